The smallest absolute Gasteiger partial charge is 0.411 e. The highest BCUT2D eigenvalue weighted by atomic mass is 35.5. The Morgan fingerprint density at radius 3 is 2.60 bits per heavy atom. The monoisotopic (exact) mass is 229 g/mol. The molecule has 1 aromatic carbocycles. The first-order valence-electron chi connectivity index (χ1n) is 4.27. The van der Waals surface area contributed by atoms with E-state index in [2.05, 4.69) is 10.1 Å². The lowest BCUT2D eigenvalue weighted by Gasteiger charge is -2.11. The van der Waals surface area contributed by atoms with Crippen LogP contribution in [-0.2, 0) is 4.74 Å². The lowest BCUT2D eigenvalue weighted by molar-refractivity contribution is 0.187. The zero-order chi connectivity index (χ0) is 11.4. The fourth-order valence-electron chi connectivity index (χ4n) is 1.08. The Bertz CT molecular complexity index is 379. The summed E-state index contributed by atoms with van der Waals surface area (Å²) >= 11 is 5.92. The van der Waals surface area contributed by atoms with Crippen molar-refractivity contribution in [2.45, 2.75) is 6.92 Å². The van der Waals surface area contributed by atoms with Gasteiger partial charge in [0.05, 0.1) is 19.9 Å². The predicted octanol–water partition coefficient (Wildman–Crippen LogP) is 2.84. The molecule has 82 valence electrons. The third-order valence-corrected chi connectivity index (χ3v) is 2.31. The summed E-state index contributed by atoms with van der Waals surface area (Å²) in [6.07, 6.45) is -0.562. The van der Waals surface area contributed by atoms with Crippen molar-refractivity contribution in [1.29, 1.82) is 0 Å². The molecule has 0 aliphatic heterocycles. The van der Waals surface area contributed by atoms with Gasteiger partial charge in [-0.3, -0.25) is 5.32 Å². The average molecular weight is 230 g/mol. The number of halogens is 1. The molecule has 0 saturated carbocycles. The summed E-state index contributed by atoms with van der Waals surface area (Å²) in [5, 5.41) is 3.07. The number of carbonyl (C=O) groups is 1. The number of carbonyl (C=O) groups excluding carboxylic acids is 1. The summed E-state index contributed by atoms with van der Waals surface area (Å²) in [4.78, 5) is 11.0. The molecule has 1 amide bonds. The molecule has 0 radical (unpaired) electrons. The molecule has 0 aliphatic carbocycles. The number of hydrogen-bond acceptors (Lipinski definition) is 3. The summed E-state index contributed by atoms with van der Waals surface area (Å²) < 4.78 is 9.57. The summed E-state index contributed by atoms with van der Waals surface area (Å²) in [7, 11) is 2.81. The van der Waals surface area contributed by atoms with Gasteiger partial charge in [-0.2, -0.15) is 0 Å². The van der Waals surface area contributed by atoms with Crippen molar-refractivity contribution in [2.75, 3.05) is 19.5 Å². The maximum absolute atomic E-state index is 11.0. The molecule has 0 fully saturated rings. The molecule has 4 nitrogen and oxygen atoms in total. The molecular weight excluding hydrogens is 218 g/mol. The van der Waals surface area contributed by atoms with E-state index in [1.54, 1.807) is 12.1 Å². The second-order valence-corrected chi connectivity index (χ2v) is 3.33. The first-order chi connectivity index (χ1) is 7.08. The highest BCUT2D eigenvalue weighted by Crippen LogP contribution is 2.30. The molecule has 1 N–H and O–H groups in total. The molecule has 1 aromatic rings. The molecule has 5 heteroatoms. The number of benzene rings is 1. The highest BCUT2D eigenvalue weighted by molar-refractivity contribution is 6.31. The van der Waals surface area contributed by atoms with Crippen LogP contribution in [0.2, 0.25) is 5.02 Å². The normalized spacial score (nSPS) is 9.60. The van der Waals surface area contributed by atoms with Gasteiger partial charge in [-0.25, -0.2) is 4.79 Å². The average Bonchev–Trinajstić information content (AvgIpc) is 2.22. The van der Waals surface area contributed by atoms with E-state index in [0.717, 1.165) is 5.56 Å². The molecule has 15 heavy (non-hydrogen) atoms. The fraction of sp³-hybridized carbons (Fsp3) is 0.300. The number of nitrogens with one attached hydrogen (secondary N) is 1. The number of ether oxygens (including phenoxy) is 2. The molecule has 0 unspecified atom stereocenters. The highest BCUT2D eigenvalue weighted by Gasteiger charge is 2.09. The van der Waals surface area contributed by atoms with Crippen LogP contribution >= 0.6 is 11.6 Å². The largest absolute Gasteiger partial charge is 0.495 e. The third-order valence-electron chi connectivity index (χ3n) is 1.90. The van der Waals surface area contributed by atoms with E-state index in [9.17, 15) is 4.79 Å². The Balaban J connectivity index is 3.05. The van der Waals surface area contributed by atoms with Crippen molar-refractivity contribution in [1.82, 2.24) is 0 Å². The van der Waals surface area contributed by atoms with Gasteiger partial charge in [-0.05, 0) is 24.6 Å². The second-order valence-electron chi connectivity index (χ2n) is 2.92. The molecule has 0 aromatic heterocycles. The van der Waals surface area contributed by atoms with Crippen molar-refractivity contribution in [3.63, 3.8) is 0 Å². The second kappa shape index (κ2) is 4.89. The fourth-order valence-corrected chi connectivity index (χ4v) is 1.25. The lowest BCUT2D eigenvalue weighted by Crippen LogP contribution is -2.11. The predicted molar refractivity (Wildman–Crippen MR) is 58.8 cm³/mol. The molecule has 0 saturated heterocycles. The lowest BCUT2D eigenvalue weighted by atomic mass is 10.2. The Labute approximate surface area is 93.1 Å². The van der Waals surface area contributed by atoms with Gasteiger partial charge >= 0.3 is 6.09 Å². The Kier molecular flexibility index (Phi) is 3.80. The molecule has 1 rings (SSSR count). The number of aryl methyl sites for hydroxylation is 1. The minimum Gasteiger partial charge on any atom is -0.495 e. The van der Waals surface area contributed by atoms with Crippen LogP contribution in [0.1, 0.15) is 5.56 Å². The molecule has 0 heterocycles. The van der Waals surface area contributed by atoms with Gasteiger partial charge in [-0.1, -0.05) is 11.6 Å². The number of anilines is 1. The van der Waals surface area contributed by atoms with Crippen LogP contribution in [0.4, 0.5) is 10.5 Å². The van der Waals surface area contributed by atoms with Crippen LogP contribution in [0.15, 0.2) is 12.1 Å². The Hall–Kier alpha value is -1.42. The minimum absolute atomic E-state index is 0.486. The van der Waals surface area contributed by atoms with E-state index in [4.69, 9.17) is 16.3 Å². The topological polar surface area (TPSA) is 47.6 Å². The van der Waals surface area contributed by atoms with E-state index in [1.165, 1.54) is 14.2 Å². The van der Waals surface area contributed by atoms with Crippen LogP contribution in [0.5, 0.6) is 5.75 Å². The Morgan fingerprint density at radius 2 is 2.07 bits per heavy atom. The molecular formula is C10H12ClNO3. The van der Waals surface area contributed by atoms with Crippen LogP contribution < -0.4 is 10.1 Å². The van der Waals surface area contributed by atoms with Crippen LogP contribution in [0.3, 0.4) is 0 Å². The number of methoxy groups -OCH3 is 2. The first-order valence-corrected chi connectivity index (χ1v) is 4.65. The Morgan fingerprint density at radius 1 is 1.40 bits per heavy atom. The minimum atomic E-state index is -0.562. The van der Waals surface area contributed by atoms with Crippen LogP contribution in [0.25, 0.3) is 0 Å². The van der Waals surface area contributed by atoms with Gasteiger partial charge in [0.1, 0.15) is 5.75 Å². The van der Waals surface area contributed by atoms with Gasteiger partial charge in [0.25, 0.3) is 0 Å². The van der Waals surface area contributed by atoms with E-state index in [0.29, 0.717) is 16.5 Å². The SMILES string of the molecule is COC(=O)Nc1cc(Cl)c(C)cc1OC. The standard InChI is InChI=1S/C10H12ClNO3/c1-6-4-9(14-2)8(5-7(6)11)12-10(13)15-3/h4-5H,1-3H3,(H,12,13). The first kappa shape index (κ1) is 11.7. The van der Waals surface area contributed by atoms with Crippen molar-refractivity contribution in [3.8, 4) is 5.75 Å². The van der Waals surface area contributed by atoms with Crippen molar-refractivity contribution in [2.24, 2.45) is 0 Å². The molecule has 0 spiro atoms. The summed E-state index contributed by atoms with van der Waals surface area (Å²) in [6, 6.07) is 3.36. The zero-order valence-corrected chi connectivity index (χ0v) is 9.51. The number of hydrogen-bond donors (Lipinski definition) is 1. The summed E-state index contributed by atoms with van der Waals surface area (Å²) in [5.74, 6) is 0.544. The summed E-state index contributed by atoms with van der Waals surface area (Å²) in [6.45, 7) is 1.85. The maximum Gasteiger partial charge on any atom is 0.411 e. The van der Waals surface area contributed by atoms with E-state index in [1.807, 2.05) is 6.92 Å². The van der Waals surface area contributed by atoms with E-state index in [-0.39, 0.29) is 0 Å². The number of amides is 1. The van der Waals surface area contributed by atoms with Crippen molar-refractivity contribution in [3.05, 3.63) is 22.7 Å². The van der Waals surface area contributed by atoms with E-state index < -0.39 is 6.09 Å². The van der Waals surface area contributed by atoms with Gasteiger partial charge in [-0.15, -0.1) is 0 Å². The molecule has 0 bridgehead atoms. The van der Waals surface area contributed by atoms with Crippen LogP contribution in [0, 0.1) is 6.92 Å². The van der Waals surface area contributed by atoms with Gasteiger partial charge < -0.3 is 9.47 Å². The van der Waals surface area contributed by atoms with Crippen molar-refractivity contribution < 1.29 is 14.3 Å². The van der Waals surface area contributed by atoms with Gasteiger partial charge in [0.15, 0.2) is 0 Å². The number of rotatable bonds is 2. The zero-order valence-electron chi connectivity index (χ0n) is 8.76. The third kappa shape index (κ3) is 2.76. The molecule has 0 aliphatic rings. The van der Waals surface area contributed by atoms with E-state index >= 15 is 0 Å². The van der Waals surface area contributed by atoms with Gasteiger partial charge in [0.2, 0.25) is 0 Å². The van der Waals surface area contributed by atoms with Crippen molar-refractivity contribution >= 4 is 23.4 Å². The summed E-state index contributed by atoms with van der Waals surface area (Å²) in [5.41, 5.74) is 1.36. The maximum atomic E-state index is 11.0. The molecule has 0 atom stereocenters. The van der Waals surface area contributed by atoms with Crippen LogP contribution in [-0.4, -0.2) is 20.3 Å². The quantitative estimate of drug-likeness (QED) is 0.848. The van der Waals surface area contributed by atoms with Gasteiger partial charge in [0, 0.05) is 5.02 Å².